The summed E-state index contributed by atoms with van der Waals surface area (Å²) in [5.41, 5.74) is 1.08. The summed E-state index contributed by atoms with van der Waals surface area (Å²) in [6.45, 7) is 4.77. The second-order valence-electron chi connectivity index (χ2n) is 7.87. The predicted octanol–water partition coefficient (Wildman–Crippen LogP) is 4.51. The van der Waals surface area contributed by atoms with E-state index >= 15 is 0 Å². The van der Waals surface area contributed by atoms with Crippen LogP contribution in [0.25, 0.3) is 0 Å². The molecule has 0 amide bonds. The zero-order valence-corrected chi connectivity index (χ0v) is 19.3. The number of sulfonamides is 1. The molecule has 0 aliphatic carbocycles. The third-order valence-electron chi connectivity index (χ3n) is 5.48. The van der Waals surface area contributed by atoms with Crippen LogP contribution in [0.1, 0.15) is 37.4 Å². The van der Waals surface area contributed by atoms with E-state index in [1.165, 1.54) is 0 Å². The monoisotopic (exact) mass is 456 g/mol. The molecule has 7 heteroatoms. The smallest absolute Gasteiger partial charge is 0.240 e. The van der Waals surface area contributed by atoms with Gasteiger partial charge in [0.2, 0.25) is 10.0 Å². The summed E-state index contributed by atoms with van der Waals surface area (Å²) in [6, 6.07) is 18.4. The number of nitrogens with zero attached hydrogens (tertiary/aromatic N) is 1. The largest absolute Gasteiger partial charge is 0.470 e. The molecule has 0 bridgehead atoms. The lowest BCUT2D eigenvalue weighted by Crippen LogP contribution is -2.25. The molecule has 0 aromatic heterocycles. The van der Waals surface area contributed by atoms with Crippen LogP contribution in [0.3, 0.4) is 0 Å². The van der Waals surface area contributed by atoms with Crippen LogP contribution in [0.15, 0.2) is 83.2 Å². The van der Waals surface area contributed by atoms with Crippen molar-refractivity contribution in [2.24, 2.45) is 10.9 Å². The second kappa shape index (κ2) is 11.9. The van der Waals surface area contributed by atoms with Crippen molar-refractivity contribution in [1.82, 2.24) is 4.72 Å². The topological polar surface area (TPSA) is 77.0 Å². The van der Waals surface area contributed by atoms with Gasteiger partial charge in [-0.1, -0.05) is 61.0 Å². The number of benzene rings is 2. The van der Waals surface area contributed by atoms with Gasteiger partial charge in [-0.2, -0.15) is 0 Å². The molecule has 1 aliphatic rings. The molecule has 0 unspecified atom stereocenters. The van der Waals surface area contributed by atoms with Gasteiger partial charge in [-0.3, -0.25) is 0 Å². The molecule has 2 aromatic carbocycles. The summed E-state index contributed by atoms with van der Waals surface area (Å²) in [4.78, 5) is 5.13. The Balaban J connectivity index is 1.54. The summed E-state index contributed by atoms with van der Waals surface area (Å²) in [6.07, 6.45) is 4.92. The minimum Gasteiger partial charge on any atom is -0.470 e. The average Bonchev–Trinajstić information content (AvgIpc) is 3.23. The zero-order chi connectivity index (χ0) is 22.8. The molecule has 0 radical (unpaired) electrons. The first-order valence-corrected chi connectivity index (χ1v) is 12.5. The number of aliphatic imine (C=N–C) groups is 1. The first kappa shape index (κ1) is 24.2. The van der Waals surface area contributed by atoms with Gasteiger partial charge in [0.25, 0.3) is 0 Å². The average molecular weight is 457 g/mol. The van der Waals surface area contributed by atoms with Gasteiger partial charge in [0.1, 0.15) is 12.1 Å². The first-order chi connectivity index (χ1) is 15.5. The highest BCUT2D eigenvalue weighted by molar-refractivity contribution is 7.89. The maximum Gasteiger partial charge on any atom is 0.240 e. The van der Waals surface area contributed by atoms with Crippen molar-refractivity contribution in [1.29, 1.82) is 0 Å². The van der Waals surface area contributed by atoms with E-state index in [9.17, 15) is 8.42 Å². The molecule has 1 N–H and O–H groups in total. The van der Waals surface area contributed by atoms with Crippen LogP contribution in [-0.4, -0.2) is 40.6 Å². The van der Waals surface area contributed by atoms with Crippen molar-refractivity contribution >= 4 is 15.9 Å². The van der Waals surface area contributed by atoms with Gasteiger partial charge in [0, 0.05) is 19.6 Å². The fraction of sp³-hybridized carbons (Fsp3) is 0.400. The minimum atomic E-state index is -3.47. The Morgan fingerprint density at radius 2 is 1.81 bits per heavy atom. The molecule has 0 spiro atoms. The molecule has 1 aliphatic heterocycles. The Labute approximate surface area is 191 Å². The van der Waals surface area contributed by atoms with E-state index in [4.69, 9.17) is 14.5 Å². The molecular formula is C25H32N2O4S. The fourth-order valence-corrected chi connectivity index (χ4v) is 4.94. The zero-order valence-electron chi connectivity index (χ0n) is 18.5. The Bertz CT molecular complexity index is 978. The van der Waals surface area contributed by atoms with Crippen LogP contribution < -0.4 is 4.72 Å². The number of ether oxygens (including phenoxy) is 2. The maximum atomic E-state index is 12.3. The summed E-state index contributed by atoms with van der Waals surface area (Å²) in [5.74, 6) is 0.858. The van der Waals surface area contributed by atoms with Crippen molar-refractivity contribution in [3.63, 3.8) is 0 Å². The molecule has 0 fully saturated rings. The molecule has 172 valence electrons. The van der Waals surface area contributed by atoms with E-state index in [0.717, 1.165) is 37.1 Å². The molecule has 1 heterocycles. The van der Waals surface area contributed by atoms with Gasteiger partial charge >= 0.3 is 0 Å². The Hall–Kier alpha value is -2.48. The summed E-state index contributed by atoms with van der Waals surface area (Å²) in [5, 5.41) is 0. The lowest BCUT2D eigenvalue weighted by Gasteiger charge is -2.20. The van der Waals surface area contributed by atoms with E-state index in [1.54, 1.807) is 37.4 Å². The SMILES string of the molecule is C=CC[C@@H](CCCCNS(=O)(=O)c1ccccc1)C1=N[C@@H](COC)[C@H](c2ccccc2)O1. The lowest BCUT2D eigenvalue weighted by molar-refractivity contribution is 0.116. The number of hydrogen-bond donors (Lipinski definition) is 1. The maximum absolute atomic E-state index is 12.3. The molecule has 32 heavy (non-hydrogen) atoms. The van der Waals surface area contributed by atoms with Crippen molar-refractivity contribution in [2.45, 2.75) is 42.7 Å². The second-order valence-corrected chi connectivity index (χ2v) is 9.63. The predicted molar refractivity (Wildman–Crippen MR) is 127 cm³/mol. The van der Waals surface area contributed by atoms with Crippen LogP contribution in [-0.2, 0) is 19.5 Å². The summed E-state index contributed by atoms with van der Waals surface area (Å²) in [7, 11) is -1.79. The van der Waals surface area contributed by atoms with Gasteiger partial charge in [0.15, 0.2) is 5.90 Å². The molecule has 2 aromatic rings. The highest BCUT2D eigenvalue weighted by Gasteiger charge is 2.35. The molecular weight excluding hydrogens is 424 g/mol. The van der Waals surface area contributed by atoms with Crippen LogP contribution in [0.5, 0.6) is 0 Å². The summed E-state index contributed by atoms with van der Waals surface area (Å²) < 4.78 is 39.0. The molecule has 6 nitrogen and oxygen atoms in total. The van der Waals surface area contributed by atoms with Crippen LogP contribution in [0.4, 0.5) is 0 Å². The number of methoxy groups -OCH3 is 1. The number of unbranched alkanes of at least 4 members (excludes halogenated alkanes) is 1. The number of nitrogens with one attached hydrogen (secondary N) is 1. The van der Waals surface area contributed by atoms with Crippen LogP contribution in [0.2, 0.25) is 0 Å². The van der Waals surface area contributed by atoms with Crippen molar-refractivity contribution < 1.29 is 17.9 Å². The van der Waals surface area contributed by atoms with E-state index in [1.807, 2.05) is 36.4 Å². The highest BCUT2D eigenvalue weighted by atomic mass is 32.2. The van der Waals surface area contributed by atoms with Gasteiger partial charge in [-0.25, -0.2) is 18.1 Å². The summed E-state index contributed by atoms with van der Waals surface area (Å²) >= 11 is 0. The Morgan fingerprint density at radius 1 is 1.12 bits per heavy atom. The standard InChI is InChI=1S/C25H32N2O4S/c1-3-12-21(15-10-11-18-26-32(28,29)22-16-8-5-9-17-22)25-27-23(19-30-2)24(31-25)20-13-6-4-7-14-20/h3-9,13-14,16-17,21,23-24,26H,1,10-12,15,18-19H2,2H3/t21-,23-,24-/m0/s1. The van der Waals surface area contributed by atoms with Gasteiger partial charge in [-0.15, -0.1) is 6.58 Å². The number of allylic oxidation sites excluding steroid dienone is 1. The van der Waals surface area contributed by atoms with Gasteiger partial charge in [-0.05, 0) is 37.0 Å². The molecule has 0 saturated carbocycles. The van der Waals surface area contributed by atoms with E-state index in [0.29, 0.717) is 13.2 Å². The third-order valence-corrected chi connectivity index (χ3v) is 6.96. The van der Waals surface area contributed by atoms with E-state index in [2.05, 4.69) is 11.3 Å². The lowest BCUT2D eigenvalue weighted by atomic mass is 9.98. The van der Waals surface area contributed by atoms with E-state index < -0.39 is 10.0 Å². The molecule has 3 rings (SSSR count). The van der Waals surface area contributed by atoms with Crippen LogP contribution >= 0.6 is 0 Å². The van der Waals surface area contributed by atoms with Crippen LogP contribution in [0, 0.1) is 5.92 Å². The Kier molecular flexibility index (Phi) is 9.02. The highest BCUT2D eigenvalue weighted by Crippen LogP contribution is 2.33. The molecule has 3 atom stereocenters. The first-order valence-electron chi connectivity index (χ1n) is 11.0. The van der Waals surface area contributed by atoms with Crippen molar-refractivity contribution in [3.8, 4) is 0 Å². The van der Waals surface area contributed by atoms with Gasteiger partial charge < -0.3 is 9.47 Å². The fourth-order valence-electron chi connectivity index (χ4n) is 3.85. The minimum absolute atomic E-state index is 0.0811. The van der Waals surface area contributed by atoms with E-state index in [-0.39, 0.29) is 23.0 Å². The third kappa shape index (κ3) is 6.51. The number of rotatable bonds is 13. The normalized spacial score (nSPS) is 19.2. The Morgan fingerprint density at radius 3 is 2.47 bits per heavy atom. The van der Waals surface area contributed by atoms with Crippen molar-refractivity contribution in [2.75, 3.05) is 20.3 Å². The number of hydrogen-bond acceptors (Lipinski definition) is 5. The quantitative estimate of drug-likeness (QED) is 0.355. The van der Waals surface area contributed by atoms with Crippen molar-refractivity contribution in [3.05, 3.63) is 78.9 Å². The molecule has 0 saturated heterocycles. The van der Waals surface area contributed by atoms with Gasteiger partial charge in [0.05, 0.1) is 11.5 Å².